The average molecular weight is 422 g/mol. The van der Waals surface area contributed by atoms with Gasteiger partial charge in [0, 0.05) is 37.3 Å². The summed E-state index contributed by atoms with van der Waals surface area (Å²) in [6, 6.07) is 0.137. The summed E-state index contributed by atoms with van der Waals surface area (Å²) in [6.07, 6.45) is 4.23. The topological polar surface area (TPSA) is 66.8 Å². The zero-order valence-corrected chi connectivity index (χ0v) is 20.5. The molecular formula is C25H43NO4. The van der Waals surface area contributed by atoms with Gasteiger partial charge in [-0.2, -0.15) is 0 Å². The number of esters is 1. The van der Waals surface area contributed by atoms with E-state index < -0.39 is 11.0 Å². The summed E-state index contributed by atoms with van der Waals surface area (Å²) in [4.78, 5) is 26.6. The van der Waals surface area contributed by atoms with Gasteiger partial charge in [0.05, 0.1) is 5.60 Å². The molecule has 30 heavy (non-hydrogen) atoms. The minimum absolute atomic E-state index is 0.0156. The Morgan fingerprint density at radius 3 is 2.37 bits per heavy atom. The highest BCUT2D eigenvalue weighted by Crippen LogP contribution is 2.51. The van der Waals surface area contributed by atoms with Crippen molar-refractivity contribution >= 4 is 11.9 Å². The fourth-order valence-electron chi connectivity index (χ4n) is 5.40. The van der Waals surface area contributed by atoms with Crippen LogP contribution < -0.4 is 0 Å². The molecule has 2 aliphatic rings. The average Bonchev–Trinajstić information content (AvgIpc) is 2.60. The first-order chi connectivity index (χ1) is 13.7. The molecule has 0 unspecified atom stereocenters. The zero-order valence-electron chi connectivity index (χ0n) is 20.5. The van der Waals surface area contributed by atoms with Gasteiger partial charge in [0.25, 0.3) is 0 Å². The van der Waals surface area contributed by atoms with Gasteiger partial charge in [-0.25, -0.2) is 0 Å². The maximum absolute atomic E-state index is 13.0. The predicted molar refractivity (Wildman–Crippen MR) is 120 cm³/mol. The lowest BCUT2D eigenvalue weighted by atomic mass is 9.57. The second-order valence-corrected chi connectivity index (χ2v) is 11.2. The molecule has 0 aliphatic heterocycles. The quantitative estimate of drug-likeness (QED) is 0.521. The number of fused-ring (bicyclic) bond motifs is 1. The number of carbonyl (C=O) groups excluding carboxylic acids is 2. The summed E-state index contributed by atoms with van der Waals surface area (Å²) >= 11 is 0. The van der Waals surface area contributed by atoms with E-state index in [9.17, 15) is 14.7 Å². The smallest absolute Gasteiger partial charge is 0.303 e. The van der Waals surface area contributed by atoms with Crippen molar-refractivity contribution in [2.24, 2.45) is 29.1 Å². The summed E-state index contributed by atoms with van der Waals surface area (Å²) in [7, 11) is 0. The lowest BCUT2D eigenvalue weighted by Crippen LogP contribution is -2.56. The molecule has 0 heterocycles. The van der Waals surface area contributed by atoms with Crippen LogP contribution in [-0.4, -0.2) is 46.2 Å². The van der Waals surface area contributed by atoms with Crippen LogP contribution in [0.3, 0.4) is 0 Å². The molecule has 0 aromatic heterocycles. The van der Waals surface area contributed by atoms with E-state index in [0.717, 1.165) is 18.4 Å². The highest BCUT2D eigenvalue weighted by molar-refractivity contribution is 5.81. The van der Waals surface area contributed by atoms with E-state index in [0.29, 0.717) is 13.0 Å². The van der Waals surface area contributed by atoms with Crippen molar-refractivity contribution in [1.29, 1.82) is 0 Å². The van der Waals surface area contributed by atoms with Crippen molar-refractivity contribution in [3.63, 3.8) is 0 Å². The van der Waals surface area contributed by atoms with Crippen LogP contribution >= 0.6 is 0 Å². The summed E-state index contributed by atoms with van der Waals surface area (Å²) < 4.78 is 5.51. The van der Waals surface area contributed by atoms with E-state index in [2.05, 4.69) is 33.8 Å². The van der Waals surface area contributed by atoms with Crippen molar-refractivity contribution < 1.29 is 19.4 Å². The van der Waals surface area contributed by atoms with Crippen molar-refractivity contribution in [2.75, 3.05) is 6.54 Å². The Kier molecular flexibility index (Phi) is 7.49. The molecule has 2 rings (SSSR count). The SMILES string of the molecule is CC(=O)O[C@@H]1C[C@@]2(O)[C@H](C)CC[C@@H]([C@H](C)CN(C(=O)C(C)(C)C)C(C)C)[C@H]2C=C1C. The van der Waals surface area contributed by atoms with Gasteiger partial charge in [-0.3, -0.25) is 9.59 Å². The molecular weight excluding hydrogens is 378 g/mol. The Labute approximate surface area is 183 Å². The highest BCUT2D eigenvalue weighted by Gasteiger charge is 2.53. The summed E-state index contributed by atoms with van der Waals surface area (Å²) in [6.45, 7) is 18.5. The number of hydrogen-bond acceptors (Lipinski definition) is 4. The van der Waals surface area contributed by atoms with Crippen LogP contribution in [0, 0.1) is 29.1 Å². The molecule has 2 aliphatic carbocycles. The maximum Gasteiger partial charge on any atom is 0.303 e. The van der Waals surface area contributed by atoms with Crippen molar-refractivity contribution in [3.8, 4) is 0 Å². The summed E-state index contributed by atoms with van der Waals surface area (Å²) in [5.41, 5.74) is -0.268. The molecule has 1 amide bonds. The van der Waals surface area contributed by atoms with Gasteiger partial charge in [0.15, 0.2) is 0 Å². The number of nitrogens with zero attached hydrogens (tertiary/aromatic N) is 1. The van der Waals surface area contributed by atoms with Crippen LogP contribution in [0.2, 0.25) is 0 Å². The molecule has 0 saturated heterocycles. The number of carbonyl (C=O) groups is 2. The lowest BCUT2D eigenvalue weighted by molar-refractivity contribution is -0.160. The Bertz CT molecular complexity index is 677. The number of hydrogen-bond donors (Lipinski definition) is 1. The fraction of sp³-hybridized carbons (Fsp3) is 0.840. The third-order valence-electron chi connectivity index (χ3n) is 7.34. The second-order valence-electron chi connectivity index (χ2n) is 11.2. The second kappa shape index (κ2) is 9.02. The van der Waals surface area contributed by atoms with Gasteiger partial charge in [0.1, 0.15) is 6.10 Å². The Hall–Kier alpha value is -1.36. The van der Waals surface area contributed by atoms with E-state index in [-0.39, 0.29) is 47.7 Å². The molecule has 1 saturated carbocycles. The lowest BCUT2D eigenvalue weighted by Gasteiger charge is -2.53. The number of aliphatic hydroxyl groups is 1. The minimum atomic E-state index is -0.881. The Balaban J connectivity index is 2.30. The van der Waals surface area contributed by atoms with Crippen molar-refractivity contribution in [1.82, 2.24) is 4.90 Å². The third-order valence-corrected chi connectivity index (χ3v) is 7.34. The van der Waals surface area contributed by atoms with E-state index in [1.54, 1.807) is 0 Å². The molecule has 5 heteroatoms. The van der Waals surface area contributed by atoms with E-state index in [1.165, 1.54) is 6.92 Å². The molecule has 0 bridgehead atoms. The number of rotatable bonds is 5. The Morgan fingerprint density at radius 1 is 1.27 bits per heavy atom. The first-order valence-electron chi connectivity index (χ1n) is 11.6. The number of ether oxygens (including phenoxy) is 1. The molecule has 0 radical (unpaired) electrons. The van der Waals surface area contributed by atoms with Crippen LogP contribution in [-0.2, 0) is 14.3 Å². The van der Waals surface area contributed by atoms with E-state index in [1.807, 2.05) is 32.6 Å². The monoisotopic (exact) mass is 421 g/mol. The molecule has 0 aromatic carbocycles. The fourth-order valence-corrected chi connectivity index (χ4v) is 5.40. The van der Waals surface area contributed by atoms with Gasteiger partial charge in [0.2, 0.25) is 5.91 Å². The standard InChI is InChI=1S/C25H43NO4/c1-15(2)26(23(28)24(7,8)9)14-17(4)20-11-10-18(5)25(29)13-22(30-19(6)27)16(3)12-21(20)25/h12,15,17-18,20-22,29H,10-11,13-14H2,1-9H3/t17-,18-,20+,21-,22-,25-/m1/s1. The normalized spacial score (nSPS) is 32.8. The van der Waals surface area contributed by atoms with Crippen LogP contribution in [0.1, 0.15) is 81.6 Å². The minimum Gasteiger partial charge on any atom is -0.458 e. The van der Waals surface area contributed by atoms with Gasteiger partial charge < -0.3 is 14.7 Å². The molecule has 172 valence electrons. The van der Waals surface area contributed by atoms with Gasteiger partial charge in [-0.15, -0.1) is 0 Å². The molecule has 0 aromatic rings. The van der Waals surface area contributed by atoms with E-state index >= 15 is 0 Å². The highest BCUT2D eigenvalue weighted by atomic mass is 16.5. The Morgan fingerprint density at radius 2 is 1.87 bits per heavy atom. The molecule has 1 fully saturated rings. The van der Waals surface area contributed by atoms with Crippen LogP contribution in [0.4, 0.5) is 0 Å². The number of amides is 1. The maximum atomic E-state index is 13.0. The largest absolute Gasteiger partial charge is 0.458 e. The summed E-state index contributed by atoms with van der Waals surface area (Å²) in [5, 5.41) is 11.7. The zero-order chi connectivity index (χ0) is 23.0. The molecule has 5 nitrogen and oxygen atoms in total. The molecule has 0 spiro atoms. The van der Waals surface area contributed by atoms with Crippen LogP contribution in [0.5, 0.6) is 0 Å². The third kappa shape index (κ3) is 5.09. The summed E-state index contributed by atoms with van der Waals surface area (Å²) in [5.74, 6) is 0.573. The first-order valence-corrected chi connectivity index (χ1v) is 11.6. The first kappa shape index (κ1) is 24.9. The van der Waals surface area contributed by atoms with Crippen molar-refractivity contribution in [2.45, 2.75) is 99.3 Å². The van der Waals surface area contributed by atoms with Crippen LogP contribution in [0.25, 0.3) is 0 Å². The van der Waals surface area contributed by atoms with Gasteiger partial charge in [-0.1, -0.05) is 40.7 Å². The van der Waals surface area contributed by atoms with Crippen molar-refractivity contribution in [3.05, 3.63) is 11.6 Å². The molecule has 1 N–H and O–H groups in total. The molecule has 6 atom stereocenters. The van der Waals surface area contributed by atoms with E-state index in [4.69, 9.17) is 4.74 Å². The van der Waals surface area contributed by atoms with Gasteiger partial charge >= 0.3 is 5.97 Å². The van der Waals surface area contributed by atoms with Crippen LogP contribution in [0.15, 0.2) is 11.6 Å². The predicted octanol–water partition coefficient (Wildman–Crippen LogP) is 4.58. The van der Waals surface area contributed by atoms with Gasteiger partial charge in [-0.05, 0) is 56.9 Å².